The summed E-state index contributed by atoms with van der Waals surface area (Å²) >= 11 is 0. The fraction of sp³-hybridized carbons (Fsp3) is 0.357. The van der Waals surface area contributed by atoms with E-state index in [1.807, 2.05) is 50.2 Å². The van der Waals surface area contributed by atoms with E-state index >= 15 is 0 Å². The van der Waals surface area contributed by atoms with Gasteiger partial charge >= 0.3 is 0 Å². The first kappa shape index (κ1) is 14.8. The van der Waals surface area contributed by atoms with Crippen molar-refractivity contribution in [1.29, 1.82) is 0 Å². The summed E-state index contributed by atoms with van der Waals surface area (Å²) in [4.78, 5) is 13.8. The van der Waals surface area contributed by atoms with Crippen LogP contribution < -0.4 is 20.7 Å². The van der Waals surface area contributed by atoms with Gasteiger partial charge in [-0.25, -0.2) is 9.97 Å². The van der Waals surface area contributed by atoms with Crippen molar-refractivity contribution in [2.24, 2.45) is 0 Å². The molecule has 2 rings (SSSR count). The van der Waals surface area contributed by atoms with Crippen LogP contribution in [0.4, 0.5) is 17.6 Å². The Labute approximate surface area is 124 Å². The van der Waals surface area contributed by atoms with Crippen molar-refractivity contribution in [3.63, 3.8) is 0 Å². The molecule has 1 heterocycles. The van der Waals surface area contributed by atoms with E-state index in [9.17, 15) is 0 Å². The molecule has 7 heteroatoms. The second-order valence-electron chi connectivity index (χ2n) is 4.91. The van der Waals surface area contributed by atoms with Gasteiger partial charge in [-0.2, -0.15) is 4.98 Å². The molecule has 0 amide bonds. The number of rotatable bonds is 6. The molecule has 1 aromatic heterocycles. The van der Waals surface area contributed by atoms with Gasteiger partial charge in [-0.15, -0.1) is 0 Å². The minimum atomic E-state index is 0.0420. The molecule has 1 atom stereocenters. The zero-order valence-corrected chi connectivity index (χ0v) is 12.4. The maximum Gasteiger partial charge on any atom is 0.227 e. The Balaban J connectivity index is 1.84. The van der Waals surface area contributed by atoms with Crippen molar-refractivity contribution >= 4 is 17.6 Å². The lowest BCUT2D eigenvalue weighted by Gasteiger charge is -2.16. The molecule has 1 aromatic carbocycles. The van der Waals surface area contributed by atoms with Gasteiger partial charge in [-0.1, -0.05) is 0 Å². The third kappa shape index (κ3) is 4.48. The highest BCUT2D eigenvalue weighted by atomic mass is 16.5. The van der Waals surface area contributed by atoms with Crippen molar-refractivity contribution in [2.45, 2.75) is 13.0 Å². The molecular formula is C14H20N6O. The summed E-state index contributed by atoms with van der Waals surface area (Å²) in [6.07, 6.45) is 1.37. The van der Waals surface area contributed by atoms with Crippen LogP contribution in [0.2, 0.25) is 0 Å². The number of aromatic nitrogens is 3. The van der Waals surface area contributed by atoms with Crippen LogP contribution in [0.5, 0.6) is 5.75 Å². The first-order chi connectivity index (χ1) is 10.0. The molecular weight excluding hydrogens is 268 g/mol. The molecule has 0 aliphatic carbocycles. The van der Waals surface area contributed by atoms with Crippen molar-refractivity contribution in [3.05, 3.63) is 30.6 Å². The average molecular weight is 288 g/mol. The summed E-state index contributed by atoms with van der Waals surface area (Å²) < 4.78 is 5.72. The molecule has 21 heavy (non-hydrogen) atoms. The van der Waals surface area contributed by atoms with Crippen molar-refractivity contribution in [3.8, 4) is 5.75 Å². The SMILES string of the molecule is CC(COc1ccc(N(C)C)cc1)Nc1ncnc(N)n1. The van der Waals surface area contributed by atoms with Gasteiger partial charge in [0.25, 0.3) is 0 Å². The Hall–Kier alpha value is -2.57. The topological polar surface area (TPSA) is 89.2 Å². The zero-order chi connectivity index (χ0) is 15.2. The molecule has 0 bridgehead atoms. The van der Waals surface area contributed by atoms with E-state index in [-0.39, 0.29) is 12.0 Å². The monoisotopic (exact) mass is 288 g/mol. The second-order valence-corrected chi connectivity index (χ2v) is 4.91. The molecule has 0 saturated heterocycles. The van der Waals surface area contributed by atoms with Crippen LogP contribution in [0, 0.1) is 0 Å². The number of benzene rings is 1. The predicted molar refractivity (Wildman–Crippen MR) is 83.6 cm³/mol. The molecule has 0 aliphatic heterocycles. The first-order valence-electron chi connectivity index (χ1n) is 6.66. The number of hydrogen-bond acceptors (Lipinski definition) is 7. The average Bonchev–Trinajstić information content (AvgIpc) is 2.45. The number of nitrogens with two attached hydrogens (primary N) is 1. The predicted octanol–water partition coefficient (Wildman–Crippen LogP) is 1.40. The van der Waals surface area contributed by atoms with E-state index < -0.39 is 0 Å². The number of anilines is 3. The maximum atomic E-state index is 5.72. The van der Waals surface area contributed by atoms with Gasteiger partial charge in [-0.3, -0.25) is 0 Å². The number of nitrogens with one attached hydrogen (secondary N) is 1. The third-order valence-electron chi connectivity index (χ3n) is 2.82. The number of nitrogen functional groups attached to an aromatic ring is 1. The number of nitrogens with zero attached hydrogens (tertiary/aromatic N) is 4. The van der Waals surface area contributed by atoms with E-state index in [0.717, 1.165) is 11.4 Å². The zero-order valence-electron chi connectivity index (χ0n) is 12.4. The first-order valence-corrected chi connectivity index (χ1v) is 6.66. The van der Waals surface area contributed by atoms with Crippen LogP contribution in [0.1, 0.15) is 6.92 Å². The van der Waals surface area contributed by atoms with Crippen molar-refractivity contribution < 1.29 is 4.74 Å². The van der Waals surface area contributed by atoms with Gasteiger partial charge < -0.3 is 20.7 Å². The summed E-state index contributed by atoms with van der Waals surface area (Å²) in [5.74, 6) is 1.46. The van der Waals surface area contributed by atoms with Gasteiger partial charge in [-0.05, 0) is 31.2 Å². The van der Waals surface area contributed by atoms with Crippen molar-refractivity contribution in [2.75, 3.05) is 36.7 Å². The van der Waals surface area contributed by atoms with Crippen molar-refractivity contribution in [1.82, 2.24) is 15.0 Å². The lowest BCUT2D eigenvalue weighted by atomic mass is 10.3. The molecule has 0 saturated carbocycles. The Kier molecular flexibility index (Phi) is 4.76. The van der Waals surface area contributed by atoms with Crippen LogP contribution in [-0.2, 0) is 0 Å². The fourth-order valence-electron chi connectivity index (χ4n) is 1.70. The Morgan fingerprint density at radius 2 is 1.95 bits per heavy atom. The molecule has 2 aromatic rings. The van der Waals surface area contributed by atoms with E-state index in [1.165, 1.54) is 6.33 Å². The molecule has 0 spiro atoms. The van der Waals surface area contributed by atoms with Crippen LogP contribution in [0.15, 0.2) is 30.6 Å². The smallest absolute Gasteiger partial charge is 0.227 e. The molecule has 0 aliphatic rings. The van der Waals surface area contributed by atoms with E-state index in [1.54, 1.807) is 0 Å². The highest BCUT2D eigenvalue weighted by Crippen LogP contribution is 2.17. The summed E-state index contributed by atoms with van der Waals surface area (Å²) in [6.45, 7) is 2.47. The standard InChI is InChI=1S/C14H20N6O/c1-10(18-14-17-9-16-13(15)19-14)8-21-12-6-4-11(5-7-12)20(2)3/h4-7,9-10H,8H2,1-3H3,(H3,15,16,17,18,19). The van der Waals surface area contributed by atoms with Gasteiger partial charge in [0, 0.05) is 19.8 Å². The molecule has 3 N–H and O–H groups in total. The Bertz CT molecular complexity index is 572. The molecule has 0 radical (unpaired) electrons. The lowest BCUT2D eigenvalue weighted by molar-refractivity contribution is 0.303. The van der Waals surface area contributed by atoms with E-state index in [0.29, 0.717) is 12.6 Å². The highest BCUT2D eigenvalue weighted by Gasteiger charge is 2.06. The molecule has 1 unspecified atom stereocenters. The lowest BCUT2D eigenvalue weighted by Crippen LogP contribution is -2.25. The molecule has 7 nitrogen and oxygen atoms in total. The van der Waals surface area contributed by atoms with E-state index in [2.05, 4.69) is 20.3 Å². The second kappa shape index (κ2) is 6.74. The van der Waals surface area contributed by atoms with Gasteiger partial charge in [0.05, 0.1) is 6.04 Å². The number of hydrogen-bond donors (Lipinski definition) is 2. The van der Waals surface area contributed by atoms with Crippen LogP contribution in [0.3, 0.4) is 0 Å². The van der Waals surface area contributed by atoms with Gasteiger partial charge in [0.15, 0.2) is 0 Å². The van der Waals surface area contributed by atoms with E-state index in [4.69, 9.17) is 10.5 Å². The van der Waals surface area contributed by atoms with Crippen LogP contribution in [0.25, 0.3) is 0 Å². The quantitative estimate of drug-likeness (QED) is 0.830. The van der Waals surface area contributed by atoms with Crippen LogP contribution >= 0.6 is 0 Å². The van der Waals surface area contributed by atoms with Gasteiger partial charge in [0.1, 0.15) is 18.7 Å². The molecule has 112 valence electrons. The maximum absolute atomic E-state index is 5.72. The van der Waals surface area contributed by atoms with Gasteiger partial charge in [0.2, 0.25) is 11.9 Å². The highest BCUT2D eigenvalue weighted by molar-refractivity contribution is 5.47. The number of ether oxygens (including phenoxy) is 1. The van der Waals surface area contributed by atoms with Crippen LogP contribution in [-0.4, -0.2) is 41.7 Å². The summed E-state index contributed by atoms with van der Waals surface area (Å²) in [6, 6.07) is 7.96. The largest absolute Gasteiger partial charge is 0.491 e. The Morgan fingerprint density at radius 3 is 2.57 bits per heavy atom. The summed E-state index contributed by atoms with van der Waals surface area (Å²) in [5.41, 5.74) is 6.63. The summed E-state index contributed by atoms with van der Waals surface area (Å²) in [7, 11) is 4.00. The Morgan fingerprint density at radius 1 is 1.24 bits per heavy atom. The molecule has 0 fully saturated rings. The fourth-order valence-corrected chi connectivity index (χ4v) is 1.70. The third-order valence-corrected chi connectivity index (χ3v) is 2.82. The minimum Gasteiger partial charge on any atom is -0.491 e. The normalized spacial score (nSPS) is 11.8. The minimum absolute atomic E-state index is 0.0420. The summed E-state index contributed by atoms with van der Waals surface area (Å²) in [5, 5.41) is 3.11.